The largest absolute Gasteiger partial charge is 0.368 e. The van der Waals surface area contributed by atoms with Crippen molar-refractivity contribution < 1.29 is 0 Å². The van der Waals surface area contributed by atoms with Crippen LogP contribution in [-0.4, -0.2) is 18.0 Å². The Balaban J connectivity index is 1.81. The molecule has 2 aromatic carbocycles. The second-order valence-electron chi connectivity index (χ2n) is 5.42. The van der Waals surface area contributed by atoms with Crippen LogP contribution in [0.25, 0.3) is 5.70 Å². The quantitative estimate of drug-likeness (QED) is 0.707. The first-order chi connectivity index (χ1) is 10.9. The van der Waals surface area contributed by atoms with Crippen LogP contribution in [0.1, 0.15) is 12.5 Å². The highest BCUT2D eigenvalue weighted by atomic mass is 32.2. The van der Waals surface area contributed by atoms with E-state index in [0.29, 0.717) is 0 Å². The maximum Gasteiger partial charge on any atom is 0.0620 e. The van der Waals surface area contributed by atoms with E-state index in [-0.39, 0.29) is 0 Å². The summed E-state index contributed by atoms with van der Waals surface area (Å²) >= 11 is 1.84. The molecule has 0 aliphatic carbocycles. The zero-order chi connectivity index (χ0) is 14.9. The molecular formula is C19H18N2S. The lowest BCUT2D eigenvalue weighted by molar-refractivity contribution is 0.460. The lowest BCUT2D eigenvalue weighted by Gasteiger charge is -2.30. The van der Waals surface area contributed by atoms with E-state index in [1.165, 1.54) is 32.4 Å². The molecule has 2 heterocycles. The lowest BCUT2D eigenvalue weighted by Crippen LogP contribution is -2.24. The van der Waals surface area contributed by atoms with E-state index in [1.807, 2.05) is 11.8 Å². The second-order valence-corrected chi connectivity index (χ2v) is 6.50. The van der Waals surface area contributed by atoms with Crippen LogP contribution in [-0.2, 0) is 0 Å². The van der Waals surface area contributed by atoms with Crippen molar-refractivity contribution in [2.24, 2.45) is 0 Å². The molecule has 0 bridgehead atoms. The first-order valence-electron chi connectivity index (χ1n) is 7.66. The molecular weight excluding hydrogens is 288 g/mol. The van der Waals surface area contributed by atoms with E-state index in [1.54, 1.807) is 0 Å². The van der Waals surface area contributed by atoms with E-state index >= 15 is 0 Å². The minimum Gasteiger partial charge on any atom is -0.368 e. The van der Waals surface area contributed by atoms with Crippen molar-refractivity contribution in [1.82, 2.24) is 4.90 Å². The Morgan fingerprint density at radius 3 is 2.86 bits per heavy atom. The number of hydrogen-bond acceptors (Lipinski definition) is 3. The van der Waals surface area contributed by atoms with Crippen LogP contribution >= 0.6 is 11.8 Å². The topological polar surface area (TPSA) is 15.3 Å². The van der Waals surface area contributed by atoms with Crippen LogP contribution in [0.2, 0.25) is 0 Å². The number of allylic oxidation sites excluding steroid dienone is 2. The van der Waals surface area contributed by atoms with Crippen LogP contribution in [0, 0.1) is 0 Å². The number of benzene rings is 2. The molecule has 2 aliphatic rings. The Morgan fingerprint density at radius 1 is 1.09 bits per heavy atom. The minimum absolute atomic E-state index is 0.982. The molecule has 0 amide bonds. The fourth-order valence-electron chi connectivity index (χ4n) is 2.98. The number of rotatable bonds is 2. The van der Waals surface area contributed by atoms with E-state index < -0.39 is 0 Å². The summed E-state index contributed by atoms with van der Waals surface area (Å²) in [4.78, 5) is 4.99. The highest BCUT2D eigenvalue weighted by Gasteiger charge is 2.21. The molecule has 22 heavy (non-hydrogen) atoms. The molecule has 0 saturated heterocycles. The first-order valence-corrected chi connectivity index (χ1v) is 8.47. The Labute approximate surface area is 135 Å². The molecule has 110 valence electrons. The third-order valence-electron chi connectivity index (χ3n) is 4.11. The molecule has 4 rings (SSSR count). The van der Waals surface area contributed by atoms with Gasteiger partial charge in [0.2, 0.25) is 0 Å². The monoisotopic (exact) mass is 306 g/mol. The fourth-order valence-corrected chi connectivity index (χ4v) is 4.00. The highest BCUT2D eigenvalue weighted by molar-refractivity contribution is 7.99. The normalized spacial score (nSPS) is 15.7. The molecule has 2 aliphatic heterocycles. The summed E-state index contributed by atoms with van der Waals surface area (Å²) in [5.41, 5.74) is 5.01. The van der Waals surface area contributed by atoms with Crippen molar-refractivity contribution in [1.29, 1.82) is 0 Å². The van der Waals surface area contributed by atoms with Crippen molar-refractivity contribution in [2.75, 3.05) is 18.4 Å². The molecule has 3 heteroatoms. The van der Waals surface area contributed by atoms with E-state index in [9.17, 15) is 0 Å². The molecule has 2 nitrogen and oxygen atoms in total. The average molecular weight is 306 g/mol. The zero-order valence-electron chi connectivity index (χ0n) is 12.5. The molecule has 0 radical (unpaired) electrons. The number of fused-ring (bicyclic) bond motifs is 2. The van der Waals surface area contributed by atoms with Gasteiger partial charge in [-0.15, -0.1) is 0 Å². The Morgan fingerprint density at radius 2 is 1.95 bits per heavy atom. The average Bonchev–Trinajstić information content (AvgIpc) is 2.59. The molecule has 0 aromatic heterocycles. The van der Waals surface area contributed by atoms with Crippen LogP contribution < -0.4 is 5.32 Å². The van der Waals surface area contributed by atoms with Crippen molar-refractivity contribution >= 4 is 28.8 Å². The molecule has 0 atom stereocenters. The summed E-state index contributed by atoms with van der Waals surface area (Å²) in [6.45, 7) is 4.21. The first kappa shape index (κ1) is 13.5. The van der Waals surface area contributed by atoms with Crippen molar-refractivity contribution in [2.45, 2.75) is 16.7 Å². The van der Waals surface area contributed by atoms with Gasteiger partial charge in [-0.1, -0.05) is 48.2 Å². The predicted octanol–water partition coefficient (Wildman–Crippen LogP) is 5.13. The van der Waals surface area contributed by atoms with Gasteiger partial charge in [0.25, 0.3) is 0 Å². The SMILES string of the molecule is CCN1CC=CC=C1c1cccc2c1Nc1ccccc1S2. The minimum atomic E-state index is 0.982. The van der Waals surface area contributed by atoms with Crippen LogP contribution in [0.4, 0.5) is 11.4 Å². The maximum atomic E-state index is 3.64. The van der Waals surface area contributed by atoms with Gasteiger partial charge in [-0.2, -0.15) is 0 Å². The van der Waals surface area contributed by atoms with Crippen LogP contribution in [0.5, 0.6) is 0 Å². The Hall–Kier alpha value is -2.13. The number of hydrogen-bond donors (Lipinski definition) is 1. The summed E-state index contributed by atoms with van der Waals surface area (Å²) in [5, 5.41) is 3.64. The third-order valence-corrected chi connectivity index (χ3v) is 5.24. The molecule has 0 fully saturated rings. The number of likely N-dealkylation sites (N-methyl/N-ethyl adjacent to an activating group) is 1. The smallest absolute Gasteiger partial charge is 0.0620 e. The molecule has 0 saturated carbocycles. The molecule has 2 aromatic rings. The number of nitrogens with zero attached hydrogens (tertiary/aromatic N) is 1. The van der Waals surface area contributed by atoms with Crippen LogP contribution in [0.3, 0.4) is 0 Å². The Kier molecular flexibility index (Phi) is 3.43. The standard InChI is InChI=1S/C19H18N2S/c1-2-21-13-6-5-10-16(21)14-8-7-12-18-19(14)20-15-9-3-4-11-17(15)22-18/h3-12,20H,2,13H2,1H3. The van der Waals surface area contributed by atoms with Gasteiger partial charge in [-0.25, -0.2) is 0 Å². The summed E-state index contributed by atoms with van der Waals surface area (Å²) in [6, 6.07) is 15.1. The number of anilines is 2. The van der Waals surface area contributed by atoms with Crippen molar-refractivity contribution in [3.63, 3.8) is 0 Å². The lowest BCUT2D eigenvalue weighted by atomic mass is 10.0. The second kappa shape index (κ2) is 5.58. The zero-order valence-corrected chi connectivity index (χ0v) is 13.4. The van der Waals surface area contributed by atoms with Gasteiger partial charge in [0.05, 0.1) is 11.4 Å². The summed E-state index contributed by atoms with van der Waals surface area (Å²) in [5.74, 6) is 0. The van der Waals surface area contributed by atoms with Gasteiger partial charge in [0.15, 0.2) is 0 Å². The van der Waals surface area contributed by atoms with Gasteiger partial charge >= 0.3 is 0 Å². The van der Waals surface area contributed by atoms with Crippen molar-refractivity contribution in [3.8, 4) is 0 Å². The van der Waals surface area contributed by atoms with Gasteiger partial charge in [-0.05, 0) is 31.2 Å². The van der Waals surface area contributed by atoms with E-state index in [2.05, 4.69) is 77.8 Å². The molecule has 0 unspecified atom stereocenters. The maximum absolute atomic E-state index is 3.64. The van der Waals surface area contributed by atoms with E-state index in [0.717, 1.165) is 13.1 Å². The van der Waals surface area contributed by atoms with Gasteiger partial charge < -0.3 is 10.2 Å². The van der Waals surface area contributed by atoms with Crippen LogP contribution in [0.15, 0.2) is 70.5 Å². The van der Waals surface area contributed by atoms with Gasteiger partial charge in [0, 0.05) is 34.1 Å². The van der Waals surface area contributed by atoms with Gasteiger partial charge in [-0.3, -0.25) is 0 Å². The summed E-state index contributed by atoms with van der Waals surface area (Å²) in [7, 11) is 0. The number of para-hydroxylation sites is 2. The number of nitrogens with one attached hydrogen (secondary N) is 1. The molecule has 1 N–H and O–H groups in total. The summed E-state index contributed by atoms with van der Waals surface area (Å²) in [6.07, 6.45) is 6.58. The van der Waals surface area contributed by atoms with Gasteiger partial charge in [0.1, 0.15) is 0 Å². The summed E-state index contributed by atoms with van der Waals surface area (Å²) < 4.78 is 0. The van der Waals surface area contributed by atoms with Crippen molar-refractivity contribution in [3.05, 3.63) is 66.3 Å². The highest BCUT2D eigenvalue weighted by Crippen LogP contribution is 2.47. The fraction of sp³-hybridized carbons (Fsp3) is 0.158. The Bertz CT molecular complexity index is 777. The predicted molar refractivity (Wildman–Crippen MR) is 94.7 cm³/mol. The van der Waals surface area contributed by atoms with E-state index in [4.69, 9.17) is 0 Å². The molecule has 0 spiro atoms. The third kappa shape index (κ3) is 2.22.